The molecule has 2 aromatic carbocycles. The first-order valence-electron chi connectivity index (χ1n) is 12.0. The van der Waals surface area contributed by atoms with Crippen LogP contribution in [-0.4, -0.2) is 35.2 Å². The highest BCUT2D eigenvalue weighted by Crippen LogP contribution is 2.21. The maximum Gasteiger partial charge on any atom is 0.335 e. The Labute approximate surface area is 202 Å². The van der Waals surface area contributed by atoms with Crippen LogP contribution in [0.2, 0.25) is 0 Å². The van der Waals surface area contributed by atoms with Gasteiger partial charge in [0.05, 0.1) is 25.2 Å². The van der Waals surface area contributed by atoms with E-state index in [0.717, 1.165) is 6.42 Å². The third-order valence-corrected chi connectivity index (χ3v) is 7.03. The number of hydrogen-bond donors (Lipinski definition) is 1. The molecule has 2 rings (SSSR count). The average Bonchev–Trinajstić information content (AvgIpc) is 2.82. The molecule has 2 aromatic rings. The molecule has 0 radical (unpaired) electrons. The summed E-state index contributed by atoms with van der Waals surface area (Å²) >= 11 is 0. The third kappa shape index (κ3) is 8.96. The third-order valence-electron chi connectivity index (χ3n) is 7.03. The van der Waals surface area contributed by atoms with Gasteiger partial charge >= 0.3 is 5.97 Å². The number of carbonyl (C=O) groups is 1. The van der Waals surface area contributed by atoms with E-state index >= 15 is 0 Å². The zero-order valence-electron chi connectivity index (χ0n) is 21.2. The molecule has 0 aliphatic heterocycles. The lowest BCUT2D eigenvalue weighted by Crippen LogP contribution is -3.00. The van der Waals surface area contributed by atoms with Gasteiger partial charge in [-0.2, -0.15) is 0 Å². The molecule has 3 nitrogen and oxygen atoms in total. The predicted octanol–water partition coefficient (Wildman–Crippen LogP) is 4.48. The zero-order valence-corrected chi connectivity index (χ0v) is 22.0. The number of nitrogens with zero attached hydrogens (tertiary/aromatic N) is 1. The van der Waals surface area contributed by atoms with Gasteiger partial charge in [-0.25, -0.2) is 4.79 Å². The maximum absolute atomic E-state index is 10.6. The minimum Gasteiger partial charge on any atom is -1.00 e. The van der Waals surface area contributed by atoms with Crippen molar-refractivity contribution in [3.05, 3.63) is 70.8 Å². The van der Waals surface area contributed by atoms with Gasteiger partial charge in [-0.1, -0.05) is 64.1 Å². The zero-order chi connectivity index (χ0) is 23.4. The smallest absolute Gasteiger partial charge is 0.335 e. The Morgan fingerprint density at radius 3 is 1.44 bits per heavy atom. The predicted molar refractivity (Wildman–Crippen MR) is 133 cm³/mol. The first-order chi connectivity index (χ1) is 14.7. The van der Waals surface area contributed by atoms with Gasteiger partial charge in [-0.3, -0.25) is 0 Å². The van der Waals surface area contributed by atoms with Gasteiger partial charge in [0.25, 0.3) is 0 Å². The van der Waals surface area contributed by atoms with E-state index < -0.39 is 5.97 Å². The highest BCUT2D eigenvalue weighted by molar-refractivity contribution is 5.87. The van der Waals surface area contributed by atoms with Gasteiger partial charge in [0, 0.05) is 5.56 Å². The van der Waals surface area contributed by atoms with Crippen LogP contribution < -0.4 is 12.4 Å². The van der Waals surface area contributed by atoms with Gasteiger partial charge in [0.1, 0.15) is 6.54 Å². The molecule has 0 amide bonds. The standard InChI is InChI=1S/C17H30N.C11H14O2.ClH/c1-6-15(5)17-12-10-16(11-13-17)14-18(7-2,8-3)9-4;1-3-8(2)9-4-6-10(7-5-9)11(12)13;/h10-13,15H,6-9,14H2,1-5H3;4-8H,3H2,1-2H3,(H,12,13);1H/q+1;;/p-1. The number of quaternary nitrogens is 1. The van der Waals surface area contributed by atoms with E-state index in [4.69, 9.17) is 5.11 Å². The SMILES string of the molecule is CCC(C)c1ccc(C(=O)O)cc1.CCC(C)c1ccc(C[N+](CC)(CC)CC)cc1.[Cl-]. The van der Waals surface area contributed by atoms with Gasteiger partial charge in [-0.05, 0) is 68.7 Å². The summed E-state index contributed by atoms with van der Waals surface area (Å²) in [5, 5.41) is 8.67. The van der Waals surface area contributed by atoms with E-state index in [9.17, 15) is 4.79 Å². The molecule has 0 spiro atoms. The van der Waals surface area contributed by atoms with Crippen LogP contribution in [0, 0.1) is 0 Å². The Hall–Kier alpha value is -1.84. The van der Waals surface area contributed by atoms with Gasteiger partial charge in [-0.15, -0.1) is 0 Å². The van der Waals surface area contributed by atoms with Crippen LogP contribution in [0.5, 0.6) is 0 Å². The van der Waals surface area contributed by atoms with Crippen LogP contribution in [0.4, 0.5) is 0 Å². The summed E-state index contributed by atoms with van der Waals surface area (Å²) < 4.78 is 1.20. The fourth-order valence-electron chi connectivity index (χ4n) is 3.77. The van der Waals surface area contributed by atoms with E-state index in [-0.39, 0.29) is 12.4 Å². The molecule has 0 fully saturated rings. The lowest BCUT2D eigenvalue weighted by atomic mass is 9.97. The van der Waals surface area contributed by atoms with Crippen LogP contribution in [0.3, 0.4) is 0 Å². The number of halogens is 1. The van der Waals surface area contributed by atoms with Crippen molar-refractivity contribution < 1.29 is 26.8 Å². The average molecular weight is 462 g/mol. The van der Waals surface area contributed by atoms with Crippen molar-refractivity contribution in [2.75, 3.05) is 19.6 Å². The molecule has 0 aliphatic rings. The summed E-state index contributed by atoms with van der Waals surface area (Å²) in [5.41, 5.74) is 4.51. The maximum atomic E-state index is 10.6. The number of carboxylic acid groups (broad SMARTS) is 1. The molecule has 0 saturated heterocycles. The Balaban J connectivity index is 0.000000611. The quantitative estimate of drug-likeness (QED) is 0.529. The molecule has 0 aromatic heterocycles. The number of benzene rings is 2. The summed E-state index contributed by atoms with van der Waals surface area (Å²) in [4.78, 5) is 10.6. The van der Waals surface area contributed by atoms with E-state index in [2.05, 4.69) is 72.7 Å². The first-order valence-corrected chi connectivity index (χ1v) is 12.0. The van der Waals surface area contributed by atoms with Crippen molar-refractivity contribution in [3.8, 4) is 0 Å². The normalized spacial score (nSPS) is 12.7. The first kappa shape index (κ1) is 30.2. The van der Waals surface area contributed by atoms with Gasteiger partial charge < -0.3 is 22.0 Å². The minimum absolute atomic E-state index is 0. The summed E-state index contributed by atoms with van der Waals surface area (Å²) in [5.74, 6) is 0.320. The monoisotopic (exact) mass is 461 g/mol. The molecule has 32 heavy (non-hydrogen) atoms. The summed E-state index contributed by atoms with van der Waals surface area (Å²) in [7, 11) is 0. The molecule has 4 heteroatoms. The lowest BCUT2D eigenvalue weighted by Gasteiger charge is -2.36. The van der Waals surface area contributed by atoms with Crippen LogP contribution >= 0.6 is 0 Å². The van der Waals surface area contributed by atoms with Gasteiger partial charge in [0.15, 0.2) is 0 Å². The van der Waals surface area contributed by atoms with E-state index in [0.29, 0.717) is 17.4 Å². The number of rotatable bonds is 10. The largest absolute Gasteiger partial charge is 1.00 e. The van der Waals surface area contributed by atoms with Crippen molar-refractivity contribution in [1.29, 1.82) is 0 Å². The molecule has 1 N–H and O–H groups in total. The molecule has 0 bridgehead atoms. The minimum atomic E-state index is -0.865. The fraction of sp³-hybridized carbons (Fsp3) is 0.536. The fourth-order valence-corrected chi connectivity index (χ4v) is 3.77. The van der Waals surface area contributed by atoms with E-state index in [1.165, 1.54) is 53.8 Å². The summed E-state index contributed by atoms with van der Waals surface area (Å²) in [6.45, 7) is 20.6. The van der Waals surface area contributed by atoms with E-state index in [1.54, 1.807) is 12.1 Å². The number of aromatic carboxylic acids is 1. The van der Waals surface area contributed by atoms with Crippen LogP contribution in [0.1, 0.15) is 100 Å². The molecule has 0 aliphatic carbocycles. The Morgan fingerprint density at radius 2 is 1.12 bits per heavy atom. The van der Waals surface area contributed by atoms with Crippen molar-refractivity contribution in [2.24, 2.45) is 0 Å². The van der Waals surface area contributed by atoms with Gasteiger partial charge in [0.2, 0.25) is 0 Å². The molecule has 180 valence electrons. The van der Waals surface area contributed by atoms with Crippen LogP contribution in [0.15, 0.2) is 48.5 Å². The molecule has 0 heterocycles. The van der Waals surface area contributed by atoms with Crippen molar-refractivity contribution >= 4 is 5.97 Å². The molecular formula is C28H44ClNO2. The summed E-state index contributed by atoms with van der Waals surface area (Å²) in [6, 6.07) is 16.4. The lowest BCUT2D eigenvalue weighted by molar-refractivity contribution is -0.936. The van der Waals surface area contributed by atoms with Crippen molar-refractivity contribution in [2.45, 2.75) is 79.7 Å². The van der Waals surface area contributed by atoms with Crippen molar-refractivity contribution in [3.63, 3.8) is 0 Å². The molecule has 0 saturated carbocycles. The van der Waals surface area contributed by atoms with E-state index in [1.807, 2.05) is 12.1 Å². The Kier molecular flexibility index (Phi) is 14.2. The van der Waals surface area contributed by atoms with Crippen molar-refractivity contribution in [1.82, 2.24) is 0 Å². The summed E-state index contributed by atoms with van der Waals surface area (Å²) in [6.07, 6.45) is 2.30. The van der Waals surface area contributed by atoms with Crippen LogP contribution in [-0.2, 0) is 6.54 Å². The molecule has 2 unspecified atom stereocenters. The Bertz CT molecular complexity index is 759. The molecule has 2 atom stereocenters. The number of hydrogen-bond acceptors (Lipinski definition) is 1. The highest BCUT2D eigenvalue weighted by Gasteiger charge is 2.21. The topological polar surface area (TPSA) is 37.3 Å². The van der Waals surface area contributed by atoms with Crippen LogP contribution in [0.25, 0.3) is 0 Å². The highest BCUT2D eigenvalue weighted by atomic mass is 35.5. The Morgan fingerprint density at radius 1 is 0.750 bits per heavy atom. The second-order valence-electron chi connectivity index (χ2n) is 8.74. The molecular weight excluding hydrogens is 418 g/mol. The second kappa shape index (κ2) is 15.1. The number of carboxylic acids is 1. The second-order valence-corrected chi connectivity index (χ2v) is 8.74.